The highest BCUT2D eigenvalue weighted by molar-refractivity contribution is 4.83. The largest absolute Gasteiger partial charge is 0.373 e. The van der Waals surface area contributed by atoms with Gasteiger partial charge in [-0.2, -0.15) is 5.26 Å². The fraction of sp³-hybridized carbons (Fsp3) is 0.900. The lowest BCUT2D eigenvalue weighted by Gasteiger charge is -2.35. The van der Waals surface area contributed by atoms with E-state index in [-0.39, 0.29) is 5.92 Å². The van der Waals surface area contributed by atoms with E-state index in [1.807, 2.05) is 6.92 Å². The molecule has 0 radical (unpaired) electrons. The van der Waals surface area contributed by atoms with Crippen LogP contribution in [0.1, 0.15) is 20.8 Å². The molecule has 0 saturated carbocycles. The van der Waals surface area contributed by atoms with Gasteiger partial charge in [-0.1, -0.05) is 0 Å². The lowest BCUT2D eigenvalue weighted by atomic mass is 10.1. The van der Waals surface area contributed by atoms with E-state index in [1.54, 1.807) is 0 Å². The lowest BCUT2D eigenvalue weighted by Crippen LogP contribution is -2.46. The maximum atomic E-state index is 8.69. The SMILES string of the molecule is CC(C#N)CN1C[C@@H](C)O[C@@H](C)C1. The highest BCUT2D eigenvalue weighted by atomic mass is 16.5. The summed E-state index contributed by atoms with van der Waals surface area (Å²) in [5.74, 6) is 0.123. The Morgan fingerprint density at radius 2 is 2.00 bits per heavy atom. The summed E-state index contributed by atoms with van der Waals surface area (Å²) in [5, 5.41) is 8.69. The van der Waals surface area contributed by atoms with Gasteiger partial charge in [-0.25, -0.2) is 0 Å². The molecular weight excluding hydrogens is 164 g/mol. The quantitative estimate of drug-likeness (QED) is 0.645. The normalized spacial score (nSPS) is 32.5. The van der Waals surface area contributed by atoms with Crippen LogP contribution in [-0.4, -0.2) is 36.7 Å². The van der Waals surface area contributed by atoms with Gasteiger partial charge in [0.05, 0.1) is 24.2 Å². The standard InChI is InChI=1S/C10H18N2O/c1-8(4-11)5-12-6-9(2)13-10(3)7-12/h8-10H,5-7H2,1-3H3/t8?,9-,10+. The van der Waals surface area contributed by atoms with Crippen LogP contribution < -0.4 is 0 Å². The first kappa shape index (κ1) is 10.5. The van der Waals surface area contributed by atoms with Crippen molar-refractivity contribution < 1.29 is 4.74 Å². The fourth-order valence-corrected chi connectivity index (χ4v) is 1.86. The maximum Gasteiger partial charge on any atom is 0.0678 e. The molecule has 0 aromatic carbocycles. The number of hydrogen-bond donors (Lipinski definition) is 0. The monoisotopic (exact) mass is 182 g/mol. The molecule has 1 heterocycles. The van der Waals surface area contributed by atoms with Gasteiger partial charge in [0.15, 0.2) is 0 Å². The Morgan fingerprint density at radius 3 is 2.46 bits per heavy atom. The molecule has 0 aliphatic carbocycles. The number of nitrogens with zero attached hydrogens (tertiary/aromatic N) is 2. The predicted octanol–water partition coefficient (Wildman–Crippen LogP) is 1.26. The average Bonchev–Trinajstić information content (AvgIpc) is 2.02. The minimum atomic E-state index is 0.123. The minimum Gasteiger partial charge on any atom is -0.373 e. The van der Waals surface area contributed by atoms with Crippen molar-refractivity contribution in [3.8, 4) is 6.07 Å². The Labute approximate surface area is 80.3 Å². The molecule has 0 bridgehead atoms. The summed E-state index contributed by atoms with van der Waals surface area (Å²) in [5.41, 5.74) is 0. The van der Waals surface area contributed by atoms with Gasteiger partial charge in [-0.05, 0) is 20.8 Å². The zero-order valence-corrected chi connectivity index (χ0v) is 8.66. The summed E-state index contributed by atoms with van der Waals surface area (Å²) in [6.07, 6.45) is 0.601. The molecule has 0 aromatic rings. The molecule has 1 unspecified atom stereocenters. The summed E-state index contributed by atoms with van der Waals surface area (Å²) < 4.78 is 5.61. The summed E-state index contributed by atoms with van der Waals surface area (Å²) in [7, 11) is 0. The first-order valence-corrected chi connectivity index (χ1v) is 4.89. The highest BCUT2D eigenvalue weighted by Gasteiger charge is 2.22. The molecule has 1 fully saturated rings. The molecule has 3 heteroatoms. The van der Waals surface area contributed by atoms with Crippen molar-refractivity contribution in [1.82, 2.24) is 4.90 Å². The van der Waals surface area contributed by atoms with E-state index in [9.17, 15) is 0 Å². The third kappa shape index (κ3) is 3.33. The second-order valence-electron chi connectivity index (χ2n) is 4.01. The second kappa shape index (κ2) is 4.59. The molecule has 0 aromatic heterocycles. The number of nitriles is 1. The van der Waals surface area contributed by atoms with Gasteiger partial charge in [-0.15, -0.1) is 0 Å². The molecule has 74 valence electrons. The number of ether oxygens (including phenoxy) is 1. The molecule has 0 amide bonds. The van der Waals surface area contributed by atoms with Gasteiger partial charge in [-0.3, -0.25) is 4.90 Å². The minimum absolute atomic E-state index is 0.123. The molecule has 3 atom stereocenters. The lowest BCUT2D eigenvalue weighted by molar-refractivity contribution is -0.0695. The van der Waals surface area contributed by atoms with Crippen molar-refractivity contribution in [2.75, 3.05) is 19.6 Å². The van der Waals surface area contributed by atoms with Crippen molar-refractivity contribution in [2.24, 2.45) is 5.92 Å². The topological polar surface area (TPSA) is 36.3 Å². The van der Waals surface area contributed by atoms with Crippen molar-refractivity contribution in [3.63, 3.8) is 0 Å². The van der Waals surface area contributed by atoms with Crippen LogP contribution in [0.15, 0.2) is 0 Å². The number of morpholine rings is 1. The van der Waals surface area contributed by atoms with Gasteiger partial charge in [0.25, 0.3) is 0 Å². The van der Waals surface area contributed by atoms with Gasteiger partial charge in [0, 0.05) is 19.6 Å². The molecule has 1 saturated heterocycles. The van der Waals surface area contributed by atoms with Crippen LogP contribution >= 0.6 is 0 Å². The first-order chi connectivity index (χ1) is 6.11. The molecule has 1 rings (SSSR count). The molecule has 13 heavy (non-hydrogen) atoms. The summed E-state index contributed by atoms with van der Waals surface area (Å²) in [6, 6.07) is 2.26. The Morgan fingerprint density at radius 1 is 1.46 bits per heavy atom. The Kier molecular flexibility index (Phi) is 3.71. The molecule has 1 aliphatic heterocycles. The van der Waals surface area contributed by atoms with E-state index in [2.05, 4.69) is 24.8 Å². The molecule has 0 N–H and O–H groups in total. The average molecular weight is 182 g/mol. The van der Waals surface area contributed by atoms with Crippen LogP contribution in [0, 0.1) is 17.2 Å². The number of rotatable bonds is 2. The Hall–Kier alpha value is -0.590. The third-order valence-corrected chi connectivity index (χ3v) is 2.25. The zero-order valence-electron chi connectivity index (χ0n) is 8.66. The van der Waals surface area contributed by atoms with E-state index >= 15 is 0 Å². The van der Waals surface area contributed by atoms with Crippen LogP contribution in [0.25, 0.3) is 0 Å². The molecule has 0 spiro atoms. The van der Waals surface area contributed by atoms with Crippen LogP contribution in [-0.2, 0) is 4.74 Å². The van der Waals surface area contributed by atoms with E-state index in [0.717, 1.165) is 19.6 Å². The van der Waals surface area contributed by atoms with E-state index in [0.29, 0.717) is 12.2 Å². The maximum absolute atomic E-state index is 8.69. The van der Waals surface area contributed by atoms with Crippen LogP contribution in [0.4, 0.5) is 0 Å². The van der Waals surface area contributed by atoms with Crippen LogP contribution in [0.5, 0.6) is 0 Å². The van der Waals surface area contributed by atoms with E-state index in [1.165, 1.54) is 0 Å². The summed E-state index contributed by atoms with van der Waals surface area (Å²) in [6.45, 7) is 8.91. The predicted molar refractivity (Wildman–Crippen MR) is 51.2 cm³/mol. The summed E-state index contributed by atoms with van der Waals surface area (Å²) >= 11 is 0. The molecule has 1 aliphatic rings. The van der Waals surface area contributed by atoms with Crippen molar-refractivity contribution in [2.45, 2.75) is 33.0 Å². The van der Waals surface area contributed by atoms with Gasteiger partial charge < -0.3 is 4.74 Å². The van der Waals surface area contributed by atoms with Crippen LogP contribution in [0.2, 0.25) is 0 Å². The molecular formula is C10H18N2O. The van der Waals surface area contributed by atoms with Crippen molar-refractivity contribution in [1.29, 1.82) is 5.26 Å². The van der Waals surface area contributed by atoms with Crippen molar-refractivity contribution >= 4 is 0 Å². The van der Waals surface area contributed by atoms with E-state index in [4.69, 9.17) is 10.00 Å². The smallest absolute Gasteiger partial charge is 0.0678 e. The first-order valence-electron chi connectivity index (χ1n) is 4.89. The van der Waals surface area contributed by atoms with Crippen LogP contribution in [0.3, 0.4) is 0 Å². The third-order valence-electron chi connectivity index (χ3n) is 2.25. The van der Waals surface area contributed by atoms with Crippen molar-refractivity contribution in [3.05, 3.63) is 0 Å². The van der Waals surface area contributed by atoms with Gasteiger partial charge >= 0.3 is 0 Å². The summed E-state index contributed by atoms with van der Waals surface area (Å²) in [4.78, 5) is 2.31. The Balaban J connectivity index is 2.38. The van der Waals surface area contributed by atoms with E-state index < -0.39 is 0 Å². The Bertz CT molecular complexity index is 190. The number of hydrogen-bond acceptors (Lipinski definition) is 3. The fourth-order valence-electron chi connectivity index (χ4n) is 1.86. The highest BCUT2D eigenvalue weighted by Crippen LogP contribution is 2.11. The zero-order chi connectivity index (χ0) is 9.84. The van der Waals surface area contributed by atoms with Gasteiger partial charge in [0.2, 0.25) is 0 Å². The second-order valence-corrected chi connectivity index (χ2v) is 4.01. The molecule has 3 nitrogen and oxygen atoms in total. The van der Waals surface area contributed by atoms with Gasteiger partial charge in [0.1, 0.15) is 0 Å².